The second-order valence-electron chi connectivity index (χ2n) is 4.84. The highest BCUT2D eigenvalue weighted by Crippen LogP contribution is 2.08. The lowest BCUT2D eigenvalue weighted by Gasteiger charge is -2.15. The van der Waals surface area contributed by atoms with Gasteiger partial charge in [-0.1, -0.05) is 6.07 Å². The molecule has 7 nitrogen and oxygen atoms in total. The van der Waals surface area contributed by atoms with E-state index in [-0.39, 0.29) is 0 Å². The Balaban J connectivity index is 1.54. The molecule has 3 rings (SSSR count). The highest BCUT2D eigenvalue weighted by Gasteiger charge is 2.06. The number of hydrogen-bond acceptors (Lipinski definition) is 5. The normalized spacial score (nSPS) is 11.5. The fraction of sp³-hybridized carbons (Fsp3) is 0.385. The molecule has 0 atom stereocenters. The Kier molecular flexibility index (Phi) is 3.69. The van der Waals surface area contributed by atoms with E-state index in [0.717, 1.165) is 31.7 Å². The van der Waals surface area contributed by atoms with Gasteiger partial charge in [0.1, 0.15) is 12.0 Å². The SMILES string of the molecule is CN(CCCn1cnnn1)Cc1cnc2ccccn12. The number of nitrogens with zero attached hydrogens (tertiary/aromatic N) is 7. The van der Waals surface area contributed by atoms with Gasteiger partial charge in [-0.05, 0) is 36.0 Å². The predicted octanol–water partition coefficient (Wildman–Crippen LogP) is 0.843. The van der Waals surface area contributed by atoms with Crippen molar-refractivity contribution in [2.75, 3.05) is 13.6 Å². The van der Waals surface area contributed by atoms with E-state index in [1.54, 1.807) is 11.0 Å². The van der Waals surface area contributed by atoms with Gasteiger partial charge in [0, 0.05) is 25.8 Å². The molecular formula is C13H17N7. The lowest BCUT2D eigenvalue weighted by molar-refractivity contribution is 0.306. The maximum atomic E-state index is 4.40. The Morgan fingerprint density at radius 1 is 1.30 bits per heavy atom. The van der Waals surface area contributed by atoms with Gasteiger partial charge >= 0.3 is 0 Å². The molecule has 0 aliphatic rings. The minimum absolute atomic E-state index is 0.838. The first kappa shape index (κ1) is 12.7. The highest BCUT2D eigenvalue weighted by molar-refractivity contribution is 5.39. The van der Waals surface area contributed by atoms with Crippen molar-refractivity contribution in [3.05, 3.63) is 42.6 Å². The number of imidazole rings is 1. The average Bonchev–Trinajstić information content (AvgIpc) is 3.09. The molecule has 3 aromatic rings. The zero-order valence-electron chi connectivity index (χ0n) is 11.4. The Morgan fingerprint density at radius 3 is 3.10 bits per heavy atom. The lowest BCUT2D eigenvalue weighted by Crippen LogP contribution is -2.21. The Hall–Kier alpha value is -2.28. The smallest absolute Gasteiger partial charge is 0.138 e. The first-order chi connectivity index (χ1) is 9.83. The quantitative estimate of drug-likeness (QED) is 0.665. The molecule has 0 unspecified atom stereocenters. The predicted molar refractivity (Wildman–Crippen MR) is 74.0 cm³/mol. The largest absolute Gasteiger partial charge is 0.303 e. The summed E-state index contributed by atoms with van der Waals surface area (Å²) in [7, 11) is 2.11. The van der Waals surface area contributed by atoms with E-state index in [9.17, 15) is 0 Å². The molecule has 0 saturated heterocycles. The number of fused-ring (bicyclic) bond motifs is 1. The van der Waals surface area contributed by atoms with Crippen molar-refractivity contribution in [3.8, 4) is 0 Å². The third kappa shape index (κ3) is 2.83. The van der Waals surface area contributed by atoms with E-state index in [4.69, 9.17) is 0 Å². The molecule has 3 aromatic heterocycles. The van der Waals surface area contributed by atoms with Crippen LogP contribution in [0, 0.1) is 0 Å². The summed E-state index contributed by atoms with van der Waals surface area (Å²) in [6.45, 7) is 2.70. The molecule has 0 spiro atoms. The highest BCUT2D eigenvalue weighted by atomic mass is 15.5. The molecule has 0 bridgehead atoms. The molecule has 0 saturated carbocycles. The van der Waals surface area contributed by atoms with Crippen LogP contribution in [0.2, 0.25) is 0 Å². The van der Waals surface area contributed by atoms with Gasteiger partial charge in [-0.25, -0.2) is 9.67 Å². The fourth-order valence-electron chi connectivity index (χ4n) is 2.24. The molecule has 0 aromatic carbocycles. The van der Waals surface area contributed by atoms with Gasteiger partial charge in [-0.15, -0.1) is 5.10 Å². The maximum Gasteiger partial charge on any atom is 0.138 e. The van der Waals surface area contributed by atoms with Crippen LogP contribution >= 0.6 is 0 Å². The Labute approximate surface area is 116 Å². The van der Waals surface area contributed by atoms with Gasteiger partial charge in [-0.2, -0.15) is 0 Å². The van der Waals surface area contributed by atoms with Crippen molar-refractivity contribution in [1.82, 2.24) is 34.5 Å². The molecule has 0 aliphatic carbocycles. The topological polar surface area (TPSA) is 64.1 Å². The number of hydrogen-bond donors (Lipinski definition) is 0. The molecule has 0 fully saturated rings. The van der Waals surface area contributed by atoms with Crippen LogP contribution in [0.1, 0.15) is 12.1 Å². The summed E-state index contributed by atoms with van der Waals surface area (Å²) in [5.74, 6) is 0. The van der Waals surface area contributed by atoms with Gasteiger partial charge in [0.2, 0.25) is 0 Å². The molecular weight excluding hydrogens is 254 g/mol. The summed E-state index contributed by atoms with van der Waals surface area (Å²) < 4.78 is 3.87. The van der Waals surface area contributed by atoms with Crippen molar-refractivity contribution < 1.29 is 0 Å². The summed E-state index contributed by atoms with van der Waals surface area (Å²) in [4.78, 5) is 6.68. The first-order valence-electron chi connectivity index (χ1n) is 6.63. The third-order valence-corrected chi connectivity index (χ3v) is 3.24. The summed E-state index contributed by atoms with van der Waals surface area (Å²) in [5.41, 5.74) is 2.19. The van der Waals surface area contributed by atoms with Gasteiger partial charge in [0.25, 0.3) is 0 Å². The molecule has 0 radical (unpaired) electrons. The molecule has 0 N–H and O–H groups in total. The molecule has 7 heteroatoms. The van der Waals surface area contributed by atoms with Crippen molar-refractivity contribution in [2.45, 2.75) is 19.5 Å². The fourth-order valence-corrected chi connectivity index (χ4v) is 2.24. The van der Waals surface area contributed by atoms with Crippen LogP contribution in [0.4, 0.5) is 0 Å². The second-order valence-corrected chi connectivity index (χ2v) is 4.84. The van der Waals surface area contributed by atoms with Gasteiger partial charge < -0.3 is 9.30 Å². The Bertz CT molecular complexity index is 658. The van der Waals surface area contributed by atoms with Crippen LogP contribution in [-0.4, -0.2) is 48.1 Å². The van der Waals surface area contributed by atoms with Crippen molar-refractivity contribution in [1.29, 1.82) is 0 Å². The summed E-state index contributed by atoms with van der Waals surface area (Å²) >= 11 is 0. The number of rotatable bonds is 6. The first-order valence-corrected chi connectivity index (χ1v) is 6.63. The van der Waals surface area contributed by atoms with E-state index in [0.29, 0.717) is 0 Å². The van der Waals surface area contributed by atoms with Gasteiger partial charge in [0.15, 0.2) is 0 Å². The van der Waals surface area contributed by atoms with Gasteiger partial charge in [0.05, 0.1) is 11.9 Å². The summed E-state index contributed by atoms with van der Waals surface area (Å²) in [6.07, 6.45) is 6.64. The van der Waals surface area contributed by atoms with E-state index < -0.39 is 0 Å². The van der Waals surface area contributed by atoms with Crippen LogP contribution < -0.4 is 0 Å². The van der Waals surface area contributed by atoms with Crippen molar-refractivity contribution >= 4 is 5.65 Å². The number of tetrazole rings is 1. The molecule has 0 amide bonds. The van der Waals surface area contributed by atoms with Crippen LogP contribution in [0.5, 0.6) is 0 Å². The standard InChI is InChI=1S/C13H17N7/c1-18(6-4-7-19-11-15-16-17-19)10-12-9-14-13-5-2-3-8-20(12)13/h2-3,5,8-9,11H,4,6-7,10H2,1H3. The van der Waals surface area contributed by atoms with Crippen molar-refractivity contribution in [2.24, 2.45) is 0 Å². The zero-order chi connectivity index (χ0) is 13.8. The molecule has 0 aliphatic heterocycles. The average molecular weight is 271 g/mol. The van der Waals surface area contributed by atoms with Crippen LogP contribution in [-0.2, 0) is 13.1 Å². The summed E-state index contributed by atoms with van der Waals surface area (Å²) in [6, 6.07) is 6.04. The van der Waals surface area contributed by atoms with E-state index in [2.05, 4.69) is 36.9 Å². The molecule has 3 heterocycles. The number of aromatic nitrogens is 6. The number of aryl methyl sites for hydroxylation is 1. The minimum Gasteiger partial charge on any atom is -0.303 e. The monoisotopic (exact) mass is 271 g/mol. The van der Waals surface area contributed by atoms with Crippen LogP contribution in [0.25, 0.3) is 5.65 Å². The molecule has 104 valence electrons. The van der Waals surface area contributed by atoms with Crippen LogP contribution in [0.3, 0.4) is 0 Å². The van der Waals surface area contributed by atoms with Crippen molar-refractivity contribution in [3.63, 3.8) is 0 Å². The van der Waals surface area contributed by atoms with E-state index in [1.807, 2.05) is 30.6 Å². The lowest BCUT2D eigenvalue weighted by atomic mass is 10.3. The van der Waals surface area contributed by atoms with Gasteiger partial charge in [-0.3, -0.25) is 0 Å². The summed E-state index contributed by atoms with van der Waals surface area (Å²) in [5, 5.41) is 11.1. The van der Waals surface area contributed by atoms with E-state index in [1.165, 1.54) is 5.69 Å². The maximum absolute atomic E-state index is 4.40. The molecule has 20 heavy (non-hydrogen) atoms. The minimum atomic E-state index is 0.838. The third-order valence-electron chi connectivity index (χ3n) is 3.24. The number of pyridine rings is 1. The second kappa shape index (κ2) is 5.79. The zero-order valence-corrected chi connectivity index (χ0v) is 11.4. The Morgan fingerprint density at radius 2 is 2.25 bits per heavy atom. The van der Waals surface area contributed by atoms with Crippen LogP contribution in [0.15, 0.2) is 36.9 Å². The van der Waals surface area contributed by atoms with E-state index >= 15 is 0 Å².